The predicted molar refractivity (Wildman–Crippen MR) is 85.7 cm³/mol. The van der Waals surface area contributed by atoms with Crippen LogP contribution < -0.4 is 10.2 Å². The summed E-state index contributed by atoms with van der Waals surface area (Å²) in [6.07, 6.45) is 1.76. The highest BCUT2D eigenvalue weighted by Crippen LogP contribution is 2.22. The topological polar surface area (TPSA) is 75.4 Å². The smallest absolute Gasteiger partial charge is 0.332 e. The number of fused-ring (bicyclic) bond motifs is 1. The summed E-state index contributed by atoms with van der Waals surface area (Å²) in [6, 6.07) is 11.4. The molecule has 0 radical (unpaired) electrons. The van der Waals surface area contributed by atoms with Crippen molar-refractivity contribution >= 4 is 50.8 Å². The zero-order valence-corrected chi connectivity index (χ0v) is 12.8. The summed E-state index contributed by atoms with van der Waals surface area (Å²) in [4.78, 5) is 28.5. The van der Waals surface area contributed by atoms with Gasteiger partial charge in [-0.1, -0.05) is 22.0 Å². The molecule has 0 fully saturated rings. The van der Waals surface area contributed by atoms with Gasteiger partial charge < -0.3 is 9.73 Å². The largest absolute Gasteiger partial charge is 0.443 e. The highest BCUT2D eigenvalue weighted by molar-refractivity contribution is 9.10. The fourth-order valence-corrected chi connectivity index (χ4v) is 2.37. The van der Waals surface area contributed by atoms with Crippen LogP contribution in [0.3, 0.4) is 0 Å². The lowest BCUT2D eigenvalue weighted by atomic mass is 10.2. The number of nitrogens with one attached hydrogen (secondary N) is 1. The van der Waals surface area contributed by atoms with Crippen LogP contribution in [0.25, 0.3) is 11.1 Å². The molecule has 7 heteroatoms. The predicted octanol–water partition coefficient (Wildman–Crippen LogP) is 3.79. The normalized spacial score (nSPS) is 10.4. The number of hydrogen-bond donors (Lipinski definition) is 1. The van der Waals surface area contributed by atoms with Crippen molar-refractivity contribution in [3.8, 4) is 0 Å². The lowest BCUT2D eigenvalue weighted by Gasteiger charge is -2.16. The minimum atomic E-state index is -0.563. The van der Waals surface area contributed by atoms with E-state index in [1.807, 2.05) is 6.07 Å². The first-order chi connectivity index (χ1) is 10.7. The molecule has 1 aromatic heterocycles. The number of carbonyl (C=O) groups is 2. The van der Waals surface area contributed by atoms with E-state index < -0.39 is 6.03 Å². The number of aromatic nitrogens is 1. The van der Waals surface area contributed by atoms with Crippen LogP contribution in [0.15, 0.2) is 57.7 Å². The second-order valence-electron chi connectivity index (χ2n) is 4.42. The van der Waals surface area contributed by atoms with E-state index in [2.05, 4.69) is 26.2 Å². The van der Waals surface area contributed by atoms with Gasteiger partial charge in [0.1, 0.15) is 5.52 Å². The first kappa shape index (κ1) is 14.3. The van der Waals surface area contributed by atoms with Crippen LogP contribution in [-0.2, 0) is 4.79 Å². The molecule has 0 unspecified atom stereocenters. The average molecular weight is 360 g/mol. The molecular formula is C15H10BrN3O3. The first-order valence-electron chi connectivity index (χ1n) is 6.32. The molecular weight excluding hydrogens is 350 g/mol. The van der Waals surface area contributed by atoms with E-state index in [1.54, 1.807) is 36.4 Å². The Morgan fingerprint density at radius 2 is 2.14 bits per heavy atom. The SMILES string of the molecule is O=CN(C(=O)Nc1cccc(Br)c1)c1ccc2ncoc2c1. The average Bonchev–Trinajstić information content (AvgIpc) is 2.95. The standard InChI is InChI=1S/C15H10BrN3O3/c16-10-2-1-3-11(6-10)18-15(21)19(9-20)12-4-5-13-14(7-12)22-8-17-13/h1-9H,(H,18,21). The zero-order valence-electron chi connectivity index (χ0n) is 11.2. The maximum Gasteiger partial charge on any atom is 0.332 e. The van der Waals surface area contributed by atoms with Gasteiger partial charge in [-0.2, -0.15) is 0 Å². The van der Waals surface area contributed by atoms with Crippen LogP contribution in [0, 0.1) is 0 Å². The van der Waals surface area contributed by atoms with Crippen molar-refractivity contribution < 1.29 is 14.0 Å². The Kier molecular flexibility index (Phi) is 3.88. The van der Waals surface area contributed by atoms with Gasteiger partial charge in [0.25, 0.3) is 0 Å². The van der Waals surface area contributed by atoms with Gasteiger partial charge in [0, 0.05) is 16.2 Å². The molecule has 3 amide bonds. The van der Waals surface area contributed by atoms with E-state index in [1.165, 1.54) is 6.39 Å². The highest BCUT2D eigenvalue weighted by atomic mass is 79.9. The van der Waals surface area contributed by atoms with E-state index in [9.17, 15) is 9.59 Å². The molecule has 0 aliphatic heterocycles. The third-order valence-electron chi connectivity index (χ3n) is 2.99. The third-order valence-corrected chi connectivity index (χ3v) is 3.49. The third kappa shape index (κ3) is 2.84. The minimum Gasteiger partial charge on any atom is -0.443 e. The molecule has 0 saturated heterocycles. The van der Waals surface area contributed by atoms with Crippen molar-refractivity contribution in [3.63, 3.8) is 0 Å². The molecule has 0 spiro atoms. The van der Waals surface area contributed by atoms with Gasteiger partial charge in [0.05, 0.1) is 5.69 Å². The molecule has 3 rings (SSSR count). The zero-order chi connectivity index (χ0) is 15.5. The van der Waals surface area contributed by atoms with Gasteiger partial charge in [0.15, 0.2) is 12.0 Å². The van der Waals surface area contributed by atoms with E-state index in [4.69, 9.17) is 4.42 Å². The number of rotatable bonds is 3. The molecule has 2 aromatic carbocycles. The molecule has 1 heterocycles. The fraction of sp³-hybridized carbons (Fsp3) is 0. The van der Waals surface area contributed by atoms with Gasteiger partial charge in [-0.05, 0) is 30.3 Å². The number of anilines is 2. The van der Waals surface area contributed by atoms with Crippen molar-refractivity contribution in [1.29, 1.82) is 0 Å². The second-order valence-corrected chi connectivity index (χ2v) is 5.34. The van der Waals surface area contributed by atoms with Crippen molar-refractivity contribution in [3.05, 3.63) is 53.3 Å². The number of hydrogen-bond acceptors (Lipinski definition) is 4. The molecule has 0 saturated carbocycles. The van der Waals surface area contributed by atoms with Crippen LogP contribution in [0.2, 0.25) is 0 Å². The first-order valence-corrected chi connectivity index (χ1v) is 7.11. The molecule has 0 aliphatic carbocycles. The fourth-order valence-electron chi connectivity index (χ4n) is 1.97. The van der Waals surface area contributed by atoms with Gasteiger partial charge in [-0.3, -0.25) is 4.79 Å². The van der Waals surface area contributed by atoms with Crippen molar-refractivity contribution in [2.45, 2.75) is 0 Å². The van der Waals surface area contributed by atoms with Gasteiger partial charge in [-0.15, -0.1) is 0 Å². The summed E-state index contributed by atoms with van der Waals surface area (Å²) < 4.78 is 6.00. The quantitative estimate of drug-likeness (QED) is 0.722. The van der Waals surface area contributed by atoms with E-state index >= 15 is 0 Å². The van der Waals surface area contributed by atoms with Gasteiger partial charge in [-0.25, -0.2) is 14.7 Å². The second kappa shape index (κ2) is 5.98. The van der Waals surface area contributed by atoms with Crippen LogP contribution in [0.1, 0.15) is 0 Å². The molecule has 3 aromatic rings. The Balaban J connectivity index is 1.86. The Hall–Kier alpha value is -2.67. The summed E-state index contributed by atoms with van der Waals surface area (Å²) in [5.41, 5.74) is 2.13. The lowest BCUT2D eigenvalue weighted by molar-refractivity contribution is -0.106. The van der Waals surface area contributed by atoms with Crippen LogP contribution in [-0.4, -0.2) is 17.4 Å². The maximum atomic E-state index is 12.3. The number of halogens is 1. The number of urea groups is 1. The van der Waals surface area contributed by atoms with Gasteiger partial charge in [0.2, 0.25) is 6.41 Å². The summed E-state index contributed by atoms with van der Waals surface area (Å²) >= 11 is 3.32. The molecule has 22 heavy (non-hydrogen) atoms. The number of carbonyl (C=O) groups excluding carboxylic acids is 2. The molecule has 0 bridgehead atoms. The van der Waals surface area contributed by atoms with E-state index in [0.29, 0.717) is 28.9 Å². The Morgan fingerprint density at radius 3 is 2.91 bits per heavy atom. The van der Waals surface area contributed by atoms with Gasteiger partial charge >= 0.3 is 6.03 Å². The Bertz CT molecular complexity index is 847. The summed E-state index contributed by atoms with van der Waals surface area (Å²) in [5, 5.41) is 2.65. The van der Waals surface area contributed by atoms with Crippen molar-refractivity contribution in [1.82, 2.24) is 4.98 Å². The number of amides is 3. The van der Waals surface area contributed by atoms with Crippen molar-refractivity contribution in [2.24, 2.45) is 0 Å². The maximum absolute atomic E-state index is 12.3. The minimum absolute atomic E-state index is 0.395. The van der Waals surface area contributed by atoms with Crippen LogP contribution in [0.4, 0.5) is 16.2 Å². The van der Waals surface area contributed by atoms with E-state index in [-0.39, 0.29) is 0 Å². The summed E-state index contributed by atoms with van der Waals surface area (Å²) in [7, 11) is 0. The molecule has 1 N–H and O–H groups in total. The summed E-state index contributed by atoms with van der Waals surface area (Å²) in [6.45, 7) is 0. The number of benzene rings is 2. The number of nitrogens with zero attached hydrogens (tertiary/aromatic N) is 2. The number of imide groups is 1. The summed E-state index contributed by atoms with van der Waals surface area (Å²) in [5.74, 6) is 0. The van der Waals surface area contributed by atoms with E-state index in [0.717, 1.165) is 9.37 Å². The molecule has 110 valence electrons. The Morgan fingerprint density at radius 1 is 1.27 bits per heavy atom. The number of oxazole rings is 1. The highest BCUT2D eigenvalue weighted by Gasteiger charge is 2.16. The van der Waals surface area contributed by atoms with Crippen LogP contribution in [0.5, 0.6) is 0 Å². The molecule has 0 aliphatic rings. The Labute approximate surface area is 133 Å². The molecule has 0 atom stereocenters. The van der Waals surface area contributed by atoms with Crippen molar-refractivity contribution in [2.75, 3.05) is 10.2 Å². The molecule has 6 nitrogen and oxygen atoms in total. The van der Waals surface area contributed by atoms with Crippen LogP contribution >= 0.6 is 15.9 Å². The lowest BCUT2D eigenvalue weighted by Crippen LogP contribution is -2.33. The monoisotopic (exact) mass is 359 g/mol.